The second kappa shape index (κ2) is 7.82. The number of carbonyl (C=O) groups is 1. The molecule has 106 valence electrons. The van der Waals surface area contributed by atoms with Gasteiger partial charge in [0.05, 0.1) is 0 Å². The van der Waals surface area contributed by atoms with Gasteiger partial charge in [-0.15, -0.1) is 0 Å². The van der Waals surface area contributed by atoms with Crippen molar-refractivity contribution in [3.8, 4) is 5.75 Å². The fourth-order valence-corrected chi connectivity index (χ4v) is 2.18. The van der Waals surface area contributed by atoms with Gasteiger partial charge in [-0.05, 0) is 29.9 Å². The summed E-state index contributed by atoms with van der Waals surface area (Å²) in [6.07, 6.45) is 2.51. The van der Waals surface area contributed by atoms with Crippen LogP contribution < -0.4 is 5.32 Å². The molecule has 1 amide bonds. The van der Waals surface area contributed by atoms with Gasteiger partial charge in [0.25, 0.3) is 0 Å². The summed E-state index contributed by atoms with van der Waals surface area (Å²) in [6.45, 7) is 7.00. The zero-order valence-electron chi connectivity index (χ0n) is 12.1. The van der Waals surface area contributed by atoms with Crippen LogP contribution in [0, 0.1) is 5.92 Å². The van der Waals surface area contributed by atoms with E-state index in [4.69, 9.17) is 0 Å². The molecule has 0 aliphatic heterocycles. The number of hydrogen-bond donors (Lipinski definition) is 2. The van der Waals surface area contributed by atoms with Crippen LogP contribution in [-0.4, -0.2) is 17.6 Å². The molecule has 1 rings (SSSR count). The number of phenolic OH excluding ortho intramolecular Hbond substituents is 1. The number of hydrogen-bond acceptors (Lipinski definition) is 2. The van der Waals surface area contributed by atoms with Gasteiger partial charge in [0, 0.05) is 13.0 Å². The lowest BCUT2D eigenvalue weighted by molar-refractivity contribution is -0.121. The molecule has 0 heterocycles. The summed E-state index contributed by atoms with van der Waals surface area (Å²) < 4.78 is 0. The van der Waals surface area contributed by atoms with Crippen LogP contribution in [0.25, 0.3) is 0 Å². The Morgan fingerprint density at radius 1 is 1.32 bits per heavy atom. The number of benzene rings is 1. The Morgan fingerprint density at radius 2 is 2.00 bits per heavy atom. The molecule has 1 aromatic rings. The smallest absolute Gasteiger partial charge is 0.220 e. The summed E-state index contributed by atoms with van der Waals surface area (Å²) in [5.41, 5.74) is 0.864. The number of amides is 1. The molecule has 0 fully saturated rings. The lowest BCUT2D eigenvalue weighted by atomic mass is 9.85. The van der Waals surface area contributed by atoms with Crippen molar-refractivity contribution < 1.29 is 9.90 Å². The molecule has 0 saturated carbocycles. The quantitative estimate of drug-likeness (QED) is 0.740. The third kappa shape index (κ3) is 4.93. The van der Waals surface area contributed by atoms with Gasteiger partial charge in [-0.1, -0.05) is 45.4 Å². The molecule has 0 spiro atoms. The van der Waals surface area contributed by atoms with Crippen molar-refractivity contribution in [1.29, 1.82) is 0 Å². The molecule has 0 radical (unpaired) electrons. The number of para-hydroxylation sites is 1. The highest BCUT2D eigenvalue weighted by atomic mass is 16.3. The lowest BCUT2D eigenvalue weighted by Gasteiger charge is -2.21. The van der Waals surface area contributed by atoms with E-state index in [1.165, 1.54) is 0 Å². The molecule has 19 heavy (non-hydrogen) atoms. The molecule has 0 bridgehead atoms. The Balaban J connectivity index is 2.69. The zero-order valence-corrected chi connectivity index (χ0v) is 12.1. The maximum atomic E-state index is 11.9. The molecule has 0 saturated heterocycles. The minimum absolute atomic E-state index is 0.0582. The van der Waals surface area contributed by atoms with E-state index in [9.17, 15) is 9.90 Å². The molecule has 2 N–H and O–H groups in total. The summed E-state index contributed by atoms with van der Waals surface area (Å²) in [5.74, 6) is 0.714. The van der Waals surface area contributed by atoms with Gasteiger partial charge >= 0.3 is 0 Å². The van der Waals surface area contributed by atoms with Gasteiger partial charge in [-0.3, -0.25) is 4.79 Å². The summed E-state index contributed by atoms with van der Waals surface area (Å²) in [7, 11) is 0. The SMILES string of the molecule is CCCCNC(=O)CC(c1ccccc1O)C(C)C. The standard InChI is InChI=1S/C16H25NO2/c1-4-5-10-17-16(19)11-14(12(2)3)13-8-6-7-9-15(13)18/h6-9,12,14,18H,4-5,10-11H2,1-3H3,(H,17,19). The highest BCUT2D eigenvalue weighted by Crippen LogP contribution is 2.33. The van der Waals surface area contributed by atoms with Crippen molar-refractivity contribution in [3.05, 3.63) is 29.8 Å². The summed E-state index contributed by atoms with van der Waals surface area (Å²) >= 11 is 0. The van der Waals surface area contributed by atoms with Gasteiger partial charge in [-0.2, -0.15) is 0 Å². The Labute approximate surface area is 116 Å². The van der Waals surface area contributed by atoms with Gasteiger partial charge in [0.1, 0.15) is 5.75 Å². The Kier molecular flexibility index (Phi) is 6.40. The summed E-state index contributed by atoms with van der Waals surface area (Å²) in [6, 6.07) is 7.29. The fourth-order valence-electron chi connectivity index (χ4n) is 2.18. The van der Waals surface area contributed by atoms with Crippen LogP contribution in [-0.2, 0) is 4.79 Å². The van der Waals surface area contributed by atoms with E-state index in [1.54, 1.807) is 12.1 Å². The number of nitrogens with one attached hydrogen (secondary N) is 1. The first kappa shape index (κ1) is 15.5. The fraction of sp³-hybridized carbons (Fsp3) is 0.562. The number of phenols is 1. The molecule has 3 heteroatoms. The molecule has 0 aromatic heterocycles. The van der Waals surface area contributed by atoms with Crippen LogP contribution in [0.1, 0.15) is 51.5 Å². The van der Waals surface area contributed by atoms with E-state index in [2.05, 4.69) is 26.1 Å². The third-order valence-electron chi connectivity index (χ3n) is 3.40. The zero-order chi connectivity index (χ0) is 14.3. The Hall–Kier alpha value is -1.51. The Morgan fingerprint density at radius 3 is 2.58 bits per heavy atom. The van der Waals surface area contributed by atoms with Gasteiger partial charge in [-0.25, -0.2) is 0 Å². The van der Waals surface area contributed by atoms with Gasteiger partial charge in [0.15, 0.2) is 0 Å². The van der Waals surface area contributed by atoms with Crippen molar-refractivity contribution in [2.75, 3.05) is 6.54 Å². The van der Waals surface area contributed by atoms with E-state index in [0.29, 0.717) is 12.3 Å². The molecule has 1 atom stereocenters. The number of rotatable bonds is 7. The first-order valence-electron chi connectivity index (χ1n) is 7.10. The van der Waals surface area contributed by atoms with Crippen molar-refractivity contribution in [3.63, 3.8) is 0 Å². The maximum absolute atomic E-state index is 11.9. The van der Waals surface area contributed by atoms with Crippen molar-refractivity contribution in [2.24, 2.45) is 5.92 Å². The Bertz CT molecular complexity index is 401. The van der Waals surface area contributed by atoms with E-state index in [-0.39, 0.29) is 17.6 Å². The molecule has 0 aliphatic rings. The van der Waals surface area contributed by atoms with Crippen LogP contribution in [0.3, 0.4) is 0 Å². The largest absolute Gasteiger partial charge is 0.508 e. The molecular weight excluding hydrogens is 238 g/mol. The second-order valence-corrected chi connectivity index (χ2v) is 5.32. The highest BCUT2D eigenvalue weighted by Gasteiger charge is 2.21. The van der Waals surface area contributed by atoms with Crippen LogP contribution in [0.5, 0.6) is 5.75 Å². The van der Waals surface area contributed by atoms with E-state index >= 15 is 0 Å². The average Bonchev–Trinajstić information content (AvgIpc) is 2.37. The summed E-state index contributed by atoms with van der Waals surface area (Å²) in [5, 5.41) is 12.9. The number of unbranched alkanes of at least 4 members (excludes halogenated alkanes) is 1. The number of aromatic hydroxyl groups is 1. The monoisotopic (exact) mass is 263 g/mol. The van der Waals surface area contributed by atoms with Crippen LogP contribution in [0.4, 0.5) is 0 Å². The van der Waals surface area contributed by atoms with Gasteiger partial charge < -0.3 is 10.4 Å². The lowest BCUT2D eigenvalue weighted by Crippen LogP contribution is -2.27. The minimum atomic E-state index is 0.0582. The topological polar surface area (TPSA) is 49.3 Å². The number of carbonyl (C=O) groups excluding carboxylic acids is 1. The molecule has 3 nitrogen and oxygen atoms in total. The van der Waals surface area contributed by atoms with Crippen LogP contribution >= 0.6 is 0 Å². The van der Waals surface area contributed by atoms with Crippen molar-refractivity contribution in [1.82, 2.24) is 5.32 Å². The molecular formula is C16H25NO2. The summed E-state index contributed by atoms with van der Waals surface area (Å²) in [4.78, 5) is 11.9. The molecule has 0 aliphatic carbocycles. The van der Waals surface area contributed by atoms with Crippen molar-refractivity contribution in [2.45, 2.75) is 46.0 Å². The first-order valence-corrected chi connectivity index (χ1v) is 7.10. The van der Waals surface area contributed by atoms with E-state index in [0.717, 1.165) is 24.9 Å². The van der Waals surface area contributed by atoms with Crippen LogP contribution in [0.2, 0.25) is 0 Å². The maximum Gasteiger partial charge on any atom is 0.220 e. The van der Waals surface area contributed by atoms with Crippen LogP contribution in [0.15, 0.2) is 24.3 Å². The van der Waals surface area contributed by atoms with E-state index < -0.39 is 0 Å². The molecule has 1 aromatic carbocycles. The second-order valence-electron chi connectivity index (χ2n) is 5.32. The predicted molar refractivity (Wildman–Crippen MR) is 78.2 cm³/mol. The third-order valence-corrected chi connectivity index (χ3v) is 3.40. The predicted octanol–water partition coefficient (Wildman–Crippen LogP) is 3.44. The minimum Gasteiger partial charge on any atom is -0.508 e. The van der Waals surface area contributed by atoms with Crippen molar-refractivity contribution >= 4 is 5.91 Å². The normalized spacial score (nSPS) is 12.4. The van der Waals surface area contributed by atoms with E-state index in [1.807, 2.05) is 12.1 Å². The highest BCUT2D eigenvalue weighted by molar-refractivity contribution is 5.77. The first-order chi connectivity index (χ1) is 9.06. The van der Waals surface area contributed by atoms with Gasteiger partial charge in [0.2, 0.25) is 5.91 Å². The molecule has 1 unspecified atom stereocenters. The average molecular weight is 263 g/mol.